The lowest BCUT2D eigenvalue weighted by Gasteiger charge is -2.10. The van der Waals surface area contributed by atoms with Gasteiger partial charge in [-0.15, -0.1) is 13.2 Å². The minimum atomic E-state index is -5.00. The third-order valence-corrected chi connectivity index (χ3v) is 1.49. The second-order valence-corrected chi connectivity index (χ2v) is 2.82. The van der Waals surface area contributed by atoms with Gasteiger partial charge in [0.2, 0.25) is 0 Å². The predicted molar refractivity (Wildman–Crippen MR) is 46.2 cm³/mol. The molecule has 17 heavy (non-hydrogen) atoms. The van der Waals surface area contributed by atoms with E-state index in [2.05, 4.69) is 9.47 Å². The highest BCUT2D eigenvalue weighted by Gasteiger charge is 2.32. The van der Waals surface area contributed by atoms with Gasteiger partial charge < -0.3 is 14.6 Å². The van der Waals surface area contributed by atoms with Gasteiger partial charge in [-0.2, -0.15) is 0 Å². The van der Waals surface area contributed by atoms with Crippen molar-refractivity contribution in [3.05, 3.63) is 24.0 Å². The van der Waals surface area contributed by atoms with Crippen LogP contribution in [-0.2, 0) is 4.79 Å². The van der Waals surface area contributed by atoms with Crippen molar-refractivity contribution >= 4 is 5.97 Å². The maximum absolute atomic E-state index is 13.1. The predicted octanol–water partition coefficient (Wildman–Crippen LogP) is 2.19. The summed E-state index contributed by atoms with van der Waals surface area (Å²) in [7, 11) is 0. The molecule has 1 N–H and O–H groups in total. The molecule has 0 amide bonds. The van der Waals surface area contributed by atoms with Crippen LogP contribution >= 0.6 is 0 Å². The molecule has 0 bridgehead atoms. The van der Waals surface area contributed by atoms with E-state index in [0.29, 0.717) is 12.1 Å². The van der Waals surface area contributed by atoms with Crippen LogP contribution in [0.25, 0.3) is 0 Å². The Labute approximate surface area is 92.4 Å². The highest BCUT2D eigenvalue weighted by molar-refractivity contribution is 5.68. The molecular weight excluding hydrogens is 248 g/mol. The van der Waals surface area contributed by atoms with Gasteiger partial charge in [0.15, 0.2) is 18.2 Å². The third-order valence-electron chi connectivity index (χ3n) is 1.49. The minimum Gasteiger partial charge on any atom is -0.482 e. The van der Waals surface area contributed by atoms with Crippen LogP contribution in [0.2, 0.25) is 0 Å². The van der Waals surface area contributed by atoms with E-state index < -0.39 is 30.5 Å². The van der Waals surface area contributed by atoms with Crippen LogP contribution in [-0.4, -0.2) is 24.0 Å². The van der Waals surface area contributed by atoms with Crippen molar-refractivity contribution in [2.75, 3.05) is 6.61 Å². The maximum Gasteiger partial charge on any atom is 0.573 e. The Bertz CT molecular complexity index is 416. The highest BCUT2D eigenvalue weighted by atomic mass is 19.4. The Morgan fingerprint density at radius 1 is 1.35 bits per heavy atom. The number of aliphatic carboxylic acids is 1. The number of ether oxygens (including phenoxy) is 2. The van der Waals surface area contributed by atoms with Crippen LogP contribution in [0.4, 0.5) is 17.6 Å². The SMILES string of the molecule is O=C(O)COc1ccc(OC(F)(F)F)c(F)c1. The largest absolute Gasteiger partial charge is 0.573 e. The Hall–Kier alpha value is -1.99. The third kappa shape index (κ3) is 4.58. The van der Waals surface area contributed by atoms with Gasteiger partial charge in [0.25, 0.3) is 0 Å². The molecule has 0 heterocycles. The minimum absolute atomic E-state index is 0.209. The molecule has 4 nitrogen and oxygen atoms in total. The van der Waals surface area contributed by atoms with Gasteiger partial charge >= 0.3 is 12.3 Å². The van der Waals surface area contributed by atoms with E-state index in [0.717, 1.165) is 6.07 Å². The van der Waals surface area contributed by atoms with Gasteiger partial charge in [0.1, 0.15) is 5.75 Å². The molecule has 0 saturated heterocycles. The fraction of sp³-hybridized carbons (Fsp3) is 0.222. The van der Waals surface area contributed by atoms with E-state index in [1.807, 2.05) is 0 Å². The van der Waals surface area contributed by atoms with Crippen molar-refractivity contribution in [3.63, 3.8) is 0 Å². The molecule has 1 rings (SSSR count). The standard InChI is InChI=1S/C9H6F4O4/c10-6-3-5(16-4-8(14)15)1-2-7(6)17-9(11,12)13/h1-3H,4H2,(H,14,15). The lowest BCUT2D eigenvalue weighted by Crippen LogP contribution is -2.18. The van der Waals surface area contributed by atoms with Crippen LogP contribution in [0, 0.1) is 5.82 Å². The van der Waals surface area contributed by atoms with E-state index in [-0.39, 0.29) is 5.75 Å². The van der Waals surface area contributed by atoms with Gasteiger partial charge in [-0.1, -0.05) is 0 Å². The van der Waals surface area contributed by atoms with Crippen molar-refractivity contribution in [3.8, 4) is 11.5 Å². The van der Waals surface area contributed by atoms with E-state index in [1.165, 1.54) is 0 Å². The van der Waals surface area contributed by atoms with Crippen LogP contribution < -0.4 is 9.47 Å². The molecule has 0 aliphatic carbocycles. The summed E-state index contributed by atoms with van der Waals surface area (Å²) in [6.07, 6.45) is -5.00. The van der Waals surface area contributed by atoms with Crippen molar-refractivity contribution < 1.29 is 36.9 Å². The monoisotopic (exact) mass is 254 g/mol. The smallest absolute Gasteiger partial charge is 0.482 e. The maximum atomic E-state index is 13.1. The molecule has 0 atom stereocenters. The number of hydrogen-bond donors (Lipinski definition) is 1. The molecule has 0 saturated carbocycles. The van der Waals surface area contributed by atoms with Gasteiger partial charge in [0.05, 0.1) is 0 Å². The summed E-state index contributed by atoms with van der Waals surface area (Å²) < 4.78 is 56.3. The zero-order valence-corrected chi connectivity index (χ0v) is 8.12. The zero-order valence-electron chi connectivity index (χ0n) is 8.12. The number of alkyl halides is 3. The Morgan fingerprint density at radius 3 is 2.47 bits per heavy atom. The van der Waals surface area contributed by atoms with Crippen LogP contribution in [0.5, 0.6) is 11.5 Å². The molecule has 94 valence electrons. The van der Waals surface area contributed by atoms with E-state index >= 15 is 0 Å². The van der Waals surface area contributed by atoms with Crippen molar-refractivity contribution in [1.82, 2.24) is 0 Å². The summed E-state index contributed by atoms with van der Waals surface area (Å²) in [6.45, 7) is -0.723. The second kappa shape index (κ2) is 4.89. The highest BCUT2D eigenvalue weighted by Crippen LogP contribution is 2.28. The molecule has 0 aliphatic rings. The molecule has 0 aromatic heterocycles. The van der Waals surface area contributed by atoms with Gasteiger partial charge in [-0.25, -0.2) is 9.18 Å². The van der Waals surface area contributed by atoms with Gasteiger partial charge in [-0.3, -0.25) is 0 Å². The molecular formula is C9H6F4O4. The van der Waals surface area contributed by atoms with Gasteiger partial charge in [0, 0.05) is 6.07 Å². The average Bonchev–Trinajstić information content (AvgIpc) is 2.17. The van der Waals surface area contributed by atoms with Crippen LogP contribution in [0.15, 0.2) is 18.2 Å². The molecule has 0 spiro atoms. The average molecular weight is 254 g/mol. The van der Waals surface area contributed by atoms with Crippen molar-refractivity contribution in [1.29, 1.82) is 0 Å². The number of rotatable bonds is 4. The Morgan fingerprint density at radius 2 is 2.00 bits per heavy atom. The fourth-order valence-corrected chi connectivity index (χ4v) is 0.924. The van der Waals surface area contributed by atoms with Crippen LogP contribution in [0.1, 0.15) is 0 Å². The first-order chi connectivity index (χ1) is 7.78. The number of benzene rings is 1. The fourth-order valence-electron chi connectivity index (χ4n) is 0.924. The second-order valence-electron chi connectivity index (χ2n) is 2.82. The van der Waals surface area contributed by atoms with E-state index in [9.17, 15) is 22.4 Å². The zero-order chi connectivity index (χ0) is 13.1. The quantitative estimate of drug-likeness (QED) is 0.837. The summed E-state index contributed by atoms with van der Waals surface area (Å²) in [5.74, 6) is -3.81. The Kier molecular flexibility index (Phi) is 3.77. The summed E-state index contributed by atoms with van der Waals surface area (Å²) in [5, 5.41) is 8.26. The van der Waals surface area contributed by atoms with Crippen molar-refractivity contribution in [2.24, 2.45) is 0 Å². The summed E-state index contributed by atoms with van der Waals surface area (Å²) in [6, 6.07) is 2.26. The van der Waals surface area contributed by atoms with E-state index in [4.69, 9.17) is 5.11 Å². The number of carbonyl (C=O) groups is 1. The molecule has 0 fully saturated rings. The molecule has 0 aliphatic heterocycles. The van der Waals surface area contributed by atoms with Gasteiger partial charge in [-0.05, 0) is 12.1 Å². The number of carboxylic acids is 1. The summed E-state index contributed by atoms with van der Waals surface area (Å²) in [4.78, 5) is 10.1. The molecule has 8 heteroatoms. The first-order valence-electron chi connectivity index (χ1n) is 4.18. The normalized spacial score (nSPS) is 11.1. The molecule has 0 unspecified atom stereocenters. The number of hydrogen-bond acceptors (Lipinski definition) is 3. The number of halogens is 4. The molecule has 1 aromatic carbocycles. The van der Waals surface area contributed by atoms with Crippen molar-refractivity contribution in [2.45, 2.75) is 6.36 Å². The summed E-state index contributed by atoms with van der Waals surface area (Å²) in [5.41, 5.74) is 0. The first-order valence-corrected chi connectivity index (χ1v) is 4.18. The molecule has 0 radical (unpaired) electrons. The first kappa shape index (κ1) is 13.1. The number of carboxylic acid groups (broad SMARTS) is 1. The molecule has 1 aromatic rings. The van der Waals surface area contributed by atoms with Crippen LogP contribution in [0.3, 0.4) is 0 Å². The van der Waals surface area contributed by atoms with E-state index in [1.54, 1.807) is 0 Å². The summed E-state index contributed by atoms with van der Waals surface area (Å²) >= 11 is 0. The Balaban J connectivity index is 2.76. The topological polar surface area (TPSA) is 55.8 Å². The lowest BCUT2D eigenvalue weighted by molar-refractivity contribution is -0.275. The lowest BCUT2D eigenvalue weighted by atomic mass is 10.3.